The van der Waals surface area contributed by atoms with E-state index >= 15 is 0 Å². The van der Waals surface area contributed by atoms with E-state index in [0.29, 0.717) is 53.8 Å². The second-order valence-corrected chi connectivity index (χ2v) is 11.4. The summed E-state index contributed by atoms with van der Waals surface area (Å²) in [6, 6.07) is 15.1. The van der Waals surface area contributed by atoms with Gasteiger partial charge in [0.2, 0.25) is 13.6 Å². The Kier molecular flexibility index (Phi) is 8.36. The first-order valence-corrected chi connectivity index (χ1v) is 14.5. The molecule has 3 heterocycles. The van der Waals surface area contributed by atoms with Crippen LogP contribution in [0.5, 0.6) is 28.7 Å². The van der Waals surface area contributed by atoms with Crippen LogP contribution in [0.2, 0.25) is 0 Å². The van der Waals surface area contributed by atoms with Gasteiger partial charge in [-0.1, -0.05) is 13.0 Å². The summed E-state index contributed by atoms with van der Waals surface area (Å²) in [7, 11) is 2.02. The molecule has 6 rings (SSSR count). The average molecular weight is 605 g/mol. The Hall–Kier alpha value is -4.68. The van der Waals surface area contributed by atoms with Crippen LogP contribution in [0.1, 0.15) is 29.8 Å². The van der Waals surface area contributed by atoms with Gasteiger partial charge in [-0.05, 0) is 62.0 Å². The van der Waals surface area contributed by atoms with Gasteiger partial charge in [0.05, 0.1) is 18.2 Å². The highest BCUT2D eigenvalue weighted by Crippen LogP contribution is 2.35. The van der Waals surface area contributed by atoms with Gasteiger partial charge in [-0.3, -0.25) is 9.69 Å². The molecule has 232 valence electrons. The van der Waals surface area contributed by atoms with E-state index in [1.165, 1.54) is 0 Å². The molecule has 12 heteroatoms. The highest BCUT2D eigenvalue weighted by atomic mass is 16.7. The molecule has 3 amide bonds. The van der Waals surface area contributed by atoms with E-state index in [1.807, 2.05) is 39.1 Å². The molecule has 3 N–H and O–H groups in total. The van der Waals surface area contributed by atoms with Gasteiger partial charge in [0.1, 0.15) is 11.9 Å². The molecule has 0 aliphatic carbocycles. The summed E-state index contributed by atoms with van der Waals surface area (Å²) < 4.78 is 28.2. The van der Waals surface area contributed by atoms with Crippen LogP contribution >= 0.6 is 0 Å². The fourth-order valence-corrected chi connectivity index (χ4v) is 5.51. The minimum atomic E-state index is -0.486. The Morgan fingerprint density at radius 1 is 0.932 bits per heavy atom. The first-order chi connectivity index (χ1) is 21.3. The first-order valence-electron chi connectivity index (χ1n) is 14.5. The fourth-order valence-electron chi connectivity index (χ4n) is 5.51. The Morgan fingerprint density at radius 2 is 1.55 bits per heavy atom. The number of hydrogen-bond acceptors (Lipinski definition) is 9. The molecule has 3 aliphatic rings. The van der Waals surface area contributed by atoms with E-state index in [9.17, 15) is 14.7 Å². The van der Waals surface area contributed by atoms with E-state index in [-0.39, 0.29) is 38.1 Å². The van der Waals surface area contributed by atoms with Gasteiger partial charge < -0.3 is 44.3 Å². The summed E-state index contributed by atoms with van der Waals surface area (Å²) in [4.78, 5) is 30.5. The minimum Gasteiger partial charge on any atom is -0.488 e. The van der Waals surface area contributed by atoms with Gasteiger partial charge in [-0.15, -0.1) is 0 Å². The molecule has 12 nitrogen and oxygen atoms in total. The number of hydrogen-bond donors (Lipinski definition) is 3. The number of anilines is 2. The van der Waals surface area contributed by atoms with Crippen molar-refractivity contribution in [2.24, 2.45) is 5.92 Å². The predicted molar refractivity (Wildman–Crippen MR) is 162 cm³/mol. The third kappa shape index (κ3) is 6.31. The SMILES string of the molecule is C[C@H](CO)N1C[C@H](C)[C@H](CN(C)Cc2ccc3c(c2)OCO3)Oc2ccc(NC(=O)Nc3ccc4c(c3)OCO4)cc2C1=O. The molecule has 3 aliphatic heterocycles. The van der Waals surface area contributed by atoms with Crippen molar-refractivity contribution in [2.45, 2.75) is 32.5 Å². The number of urea groups is 1. The summed E-state index contributed by atoms with van der Waals surface area (Å²) in [6.45, 7) is 5.68. The van der Waals surface area contributed by atoms with Gasteiger partial charge in [-0.25, -0.2) is 4.79 Å². The van der Waals surface area contributed by atoms with Crippen LogP contribution in [0.25, 0.3) is 0 Å². The maximum absolute atomic E-state index is 13.8. The van der Waals surface area contributed by atoms with E-state index in [2.05, 4.69) is 15.5 Å². The number of aliphatic hydroxyl groups is 1. The molecular formula is C32H36N4O8. The number of carbonyl (C=O) groups excluding carboxylic acids is 2. The Bertz CT molecular complexity index is 1550. The smallest absolute Gasteiger partial charge is 0.323 e. The number of likely N-dealkylation sites (N-methyl/N-ethyl adjacent to an activating group) is 1. The second kappa shape index (κ2) is 12.5. The molecule has 3 aromatic carbocycles. The number of fused-ring (bicyclic) bond motifs is 3. The number of benzene rings is 3. The second-order valence-electron chi connectivity index (χ2n) is 11.4. The largest absolute Gasteiger partial charge is 0.488 e. The predicted octanol–water partition coefficient (Wildman–Crippen LogP) is 4.14. The molecule has 44 heavy (non-hydrogen) atoms. The lowest BCUT2D eigenvalue weighted by Crippen LogP contribution is -2.49. The lowest BCUT2D eigenvalue weighted by atomic mass is 9.99. The molecule has 0 unspecified atom stereocenters. The van der Waals surface area contributed by atoms with Crippen molar-refractivity contribution in [3.63, 3.8) is 0 Å². The summed E-state index contributed by atoms with van der Waals surface area (Å²) >= 11 is 0. The van der Waals surface area contributed by atoms with Crippen molar-refractivity contribution in [3.05, 3.63) is 65.7 Å². The third-order valence-electron chi connectivity index (χ3n) is 7.93. The number of rotatable bonds is 8. The molecule has 0 bridgehead atoms. The van der Waals surface area contributed by atoms with Crippen molar-refractivity contribution >= 4 is 23.3 Å². The van der Waals surface area contributed by atoms with Crippen LogP contribution in [-0.4, -0.2) is 79.3 Å². The lowest BCUT2D eigenvalue weighted by Gasteiger charge is -2.38. The molecule has 0 saturated carbocycles. The van der Waals surface area contributed by atoms with Crippen LogP contribution in [0, 0.1) is 5.92 Å². The molecule has 3 aromatic rings. The normalized spacial score (nSPS) is 19.1. The van der Waals surface area contributed by atoms with Gasteiger partial charge in [0.15, 0.2) is 23.0 Å². The van der Waals surface area contributed by atoms with Crippen molar-refractivity contribution in [1.82, 2.24) is 9.80 Å². The quantitative estimate of drug-likeness (QED) is 0.347. The Balaban J connectivity index is 1.19. The van der Waals surface area contributed by atoms with E-state index in [1.54, 1.807) is 41.3 Å². The van der Waals surface area contributed by atoms with E-state index in [4.69, 9.17) is 23.7 Å². The maximum Gasteiger partial charge on any atom is 0.323 e. The van der Waals surface area contributed by atoms with Gasteiger partial charge in [0, 0.05) is 43.0 Å². The molecular weight excluding hydrogens is 568 g/mol. The fraction of sp³-hybridized carbons (Fsp3) is 0.375. The number of aliphatic hydroxyl groups excluding tert-OH is 1. The van der Waals surface area contributed by atoms with Crippen LogP contribution in [-0.2, 0) is 6.54 Å². The summed E-state index contributed by atoms with van der Waals surface area (Å²) in [5.41, 5.74) is 2.33. The Morgan fingerprint density at radius 3 is 2.25 bits per heavy atom. The summed E-state index contributed by atoms with van der Waals surface area (Å²) in [5, 5.41) is 15.5. The highest BCUT2D eigenvalue weighted by molar-refractivity contribution is 6.02. The van der Waals surface area contributed by atoms with Crippen molar-refractivity contribution < 1.29 is 38.4 Å². The third-order valence-corrected chi connectivity index (χ3v) is 7.93. The molecule has 0 fully saturated rings. The zero-order valence-corrected chi connectivity index (χ0v) is 24.9. The van der Waals surface area contributed by atoms with Crippen LogP contribution in [0.3, 0.4) is 0 Å². The Labute approximate surface area is 255 Å². The van der Waals surface area contributed by atoms with E-state index in [0.717, 1.165) is 17.1 Å². The number of ether oxygens (including phenoxy) is 5. The van der Waals surface area contributed by atoms with Crippen LogP contribution < -0.4 is 34.3 Å². The number of nitrogens with one attached hydrogen (secondary N) is 2. The number of carbonyl (C=O) groups is 2. The van der Waals surface area contributed by atoms with Gasteiger partial charge in [0.25, 0.3) is 5.91 Å². The van der Waals surface area contributed by atoms with Crippen molar-refractivity contribution in [3.8, 4) is 28.7 Å². The number of amides is 3. The summed E-state index contributed by atoms with van der Waals surface area (Å²) in [6.07, 6.45) is -0.262. The average Bonchev–Trinajstić information content (AvgIpc) is 3.68. The van der Waals surface area contributed by atoms with Crippen molar-refractivity contribution in [2.75, 3.05) is 51.0 Å². The zero-order chi connectivity index (χ0) is 30.8. The number of nitrogens with zero attached hydrogens (tertiary/aromatic N) is 2. The maximum atomic E-state index is 13.8. The van der Waals surface area contributed by atoms with Gasteiger partial charge in [-0.2, -0.15) is 0 Å². The van der Waals surface area contributed by atoms with Crippen LogP contribution in [0.15, 0.2) is 54.6 Å². The topological polar surface area (TPSA) is 131 Å². The van der Waals surface area contributed by atoms with Gasteiger partial charge >= 0.3 is 6.03 Å². The molecule has 0 spiro atoms. The summed E-state index contributed by atoms with van der Waals surface area (Å²) in [5.74, 6) is 2.75. The lowest BCUT2D eigenvalue weighted by molar-refractivity contribution is 0.0341. The molecule has 0 radical (unpaired) electrons. The van der Waals surface area contributed by atoms with E-state index < -0.39 is 12.1 Å². The minimum absolute atomic E-state index is 0.0365. The highest BCUT2D eigenvalue weighted by Gasteiger charge is 2.33. The molecule has 3 atom stereocenters. The molecule has 0 aromatic heterocycles. The molecule has 0 saturated heterocycles. The monoisotopic (exact) mass is 604 g/mol. The zero-order valence-electron chi connectivity index (χ0n) is 24.9. The van der Waals surface area contributed by atoms with Crippen LogP contribution in [0.4, 0.5) is 16.2 Å². The van der Waals surface area contributed by atoms with Crippen molar-refractivity contribution in [1.29, 1.82) is 0 Å². The standard InChI is InChI=1S/C32H36N4O8/c1-19-13-36(20(2)16-37)31(38)24-11-22(33-32(39)34-23-6-9-27-29(12-23)43-18-41-27)5-8-25(24)44-30(19)15-35(3)14-21-4-7-26-28(10-21)42-17-40-26/h4-12,19-20,30,37H,13-18H2,1-3H3,(H2,33,34,39)/t19-,20+,30-/m0/s1. The first kappa shape index (κ1) is 29.4.